The quantitative estimate of drug-likeness (QED) is 0.644. The average molecular weight is 342 g/mol. The molecular weight excluding hydrogens is 322 g/mol. The van der Waals surface area contributed by atoms with Gasteiger partial charge in [0, 0.05) is 28.4 Å². The largest absolute Gasteiger partial charge is 0.259 e. The van der Waals surface area contributed by atoms with Crippen LogP contribution < -0.4 is 0 Å². The van der Waals surface area contributed by atoms with Crippen LogP contribution in [-0.4, -0.2) is 14.9 Å². The summed E-state index contributed by atoms with van der Waals surface area (Å²) in [5.41, 5.74) is 3.45. The van der Waals surface area contributed by atoms with Gasteiger partial charge in [-0.2, -0.15) is 0 Å². The molecule has 118 valence electrons. The Hall–Kier alpha value is -1.78. The lowest BCUT2D eigenvalue weighted by Gasteiger charge is -2.01. The Balaban J connectivity index is 1.51. The predicted molar refractivity (Wildman–Crippen MR) is 98.2 cm³/mol. The molecule has 3 rings (SSSR count). The Morgan fingerprint density at radius 3 is 2.26 bits per heavy atom. The molecule has 4 heteroatoms. The maximum absolute atomic E-state index is 12.2. The number of hydrogen-bond acceptors (Lipinski definition) is 3. The van der Waals surface area contributed by atoms with Crippen molar-refractivity contribution >= 4 is 22.1 Å². The first-order valence-corrected chi connectivity index (χ1v) is 10.0. The Morgan fingerprint density at radius 2 is 1.57 bits per heavy atom. The highest BCUT2D eigenvalue weighted by Gasteiger charge is 2.07. The SMILES string of the molecule is O=S(CCc1ccccc1)Cc1csc(Cc2ccccc2)n1. The fraction of sp³-hybridized carbons (Fsp3) is 0.211. The van der Waals surface area contributed by atoms with Crippen molar-refractivity contribution in [3.05, 3.63) is 87.9 Å². The standard InChI is InChI=1S/C19H19NOS2/c21-23(12-11-16-7-3-1-4-8-16)15-18-14-22-19(20-18)13-17-9-5-2-6-10-17/h1-10,14H,11-13,15H2. The van der Waals surface area contributed by atoms with Crippen LogP contribution in [0.1, 0.15) is 21.8 Å². The molecule has 1 aromatic heterocycles. The zero-order chi connectivity index (χ0) is 15.9. The number of hydrogen-bond donors (Lipinski definition) is 0. The molecule has 0 aliphatic carbocycles. The van der Waals surface area contributed by atoms with Gasteiger partial charge in [0.05, 0.1) is 16.5 Å². The van der Waals surface area contributed by atoms with E-state index < -0.39 is 10.8 Å². The number of nitrogens with zero attached hydrogens (tertiary/aromatic N) is 1. The lowest BCUT2D eigenvalue weighted by molar-refractivity contribution is 0.681. The molecule has 1 unspecified atom stereocenters. The molecule has 3 aromatic rings. The zero-order valence-electron chi connectivity index (χ0n) is 12.9. The van der Waals surface area contributed by atoms with E-state index in [1.54, 1.807) is 11.3 Å². The summed E-state index contributed by atoms with van der Waals surface area (Å²) < 4.78 is 12.2. The Morgan fingerprint density at radius 1 is 0.913 bits per heavy atom. The normalized spacial score (nSPS) is 12.2. The topological polar surface area (TPSA) is 30.0 Å². The fourth-order valence-corrected chi connectivity index (χ4v) is 4.40. The Labute approximate surface area is 143 Å². The highest BCUT2D eigenvalue weighted by molar-refractivity contribution is 7.84. The van der Waals surface area contributed by atoms with Crippen LogP contribution >= 0.6 is 11.3 Å². The van der Waals surface area contributed by atoms with Gasteiger partial charge in [-0.1, -0.05) is 60.7 Å². The summed E-state index contributed by atoms with van der Waals surface area (Å²) in [7, 11) is -0.860. The van der Waals surface area contributed by atoms with Crippen LogP contribution in [0.3, 0.4) is 0 Å². The number of thiazole rings is 1. The second-order valence-corrected chi connectivity index (χ2v) is 7.94. The fourth-order valence-electron chi connectivity index (χ4n) is 2.38. The van der Waals surface area contributed by atoms with Crippen molar-refractivity contribution in [2.75, 3.05) is 5.75 Å². The van der Waals surface area contributed by atoms with Crippen molar-refractivity contribution in [1.29, 1.82) is 0 Å². The van der Waals surface area contributed by atoms with Crippen molar-refractivity contribution in [3.8, 4) is 0 Å². The number of benzene rings is 2. The van der Waals surface area contributed by atoms with Crippen LogP contribution in [0, 0.1) is 0 Å². The van der Waals surface area contributed by atoms with Gasteiger partial charge in [-0.3, -0.25) is 4.21 Å². The summed E-state index contributed by atoms with van der Waals surface area (Å²) in [5, 5.41) is 3.13. The van der Waals surface area contributed by atoms with Gasteiger partial charge in [0.15, 0.2) is 0 Å². The van der Waals surface area contributed by atoms with Crippen molar-refractivity contribution < 1.29 is 4.21 Å². The maximum Gasteiger partial charge on any atom is 0.0972 e. The van der Waals surface area contributed by atoms with Crippen LogP contribution in [-0.2, 0) is 29.4 Å². The number of aromatic nitrogens is 1. The van der Waals surface area contributed by atoms with Crippen LogP contribution in [0.15, 0.2) is 66.0 Å². The van der Waals surface area contributed by atoms with Crippen LogP contribution in [0.2, 0.25) is 0 Å². The molecule has 23 heavy (non-hydrogen) atoms. The smallest absolute Gasteiger partial charge is 0.0972 e. The lowest BCUT2D eigenvalue weighted by atomic mass is 10.2. The number of aryl methyl sites for hydroxylation is 1. The minimum atomic E-state index is -0.860. The van der Waals surface area contributed by atoms with E-state index in [0.29, 0.717) is 11.5 Å². The lowest BCUT2D eigenvalue weighted by Crippen LogP contribution is -2.04. The van der Waals surface area contributed by atoms with Gasteiger partial charge in [0.1, 0.15) is 0 Å². The highest BCUT2D eigenvalue weighted by atomic mass is 32.2. The molecule has 0 aliphatic rings. The second-order valence-electron chi connectivity index (χ2n) is 5.42. The minimum absolute atomic E-state index is 0.554. The first-order chi connectivity index (χ1) is 11.3. The number of rotatable bonds is 7. The van der Waals surface area contributed by atoms with Gasteiger partial charge < -0.3 is 0 Å². The van der Waals surface area contributed by atoms with E-state index in [-0.39, 0.29) is 0 Å². The molecule has 0 saturated heterocycles. The molecule has 2 aromatic carbocycles. The highest BCUT2D eigenvalue weighted by Crippen LogP contribution is 2.16. The Kier molecular flexibility index (Phi) is 5.72. The Bertz CT molecular complexity index is 753. The third-order valence-corrected chi connectivity index (χ3v) is 5.74. The van der Waals surface area contributed by atoms with E-state index in [4.69, 9.17) is 0 Å². The minimum Gasteiger partial charge on any atom is -0.259 e. The molecule has 2 nitrogen and oxygen atoms in total. The molecule has 0 N–H and O–H groups in total. The van der Waals surface area contributed by atoms with Crippen molar-refractivity contribution in [3.63, 3.8) is 0 Å². The maximum atomic E-state index is 12.2. The van der Waals surface area contributed by atoms with Crippen LogP contribution in [0.4, 0.5) is 0 Å². The molecule has 1 heterocycles. The molecule has 0 saturated carbocycles. The summed E-state index contributed by atoms with van der Waals surface area (Å²) in [5.74, 6) is 1.24. The van der Waals surface area contributed by atoms with Gasteiger partial charge in [0.25, 0.3) is 0 Å². The molecular formula is C19H19NOS2. The summed E-state index contributed by atoms with van der Waals surface area (Å²) >= 11 is 1.66. The van der Waals surface area contributed by atoms with E-state index in [1.165, 1.54) is 11.1 Å². The van der Waals surface area contributed by atoms with E-state index in [2.05, 4.69) is 29.2 Å². The van der Waals surface area contributed by atoms with Crippen molar-refractivity contribution in [2.45, 2.75) is 18.6 Å². The summed E-state index contributed by atoms with van der Waals surface area (Å²) in [6.07, 6.45) is 1.70. The molecule has 0 amide bonds. The first-order valence-electron chi connectivity index (χ1n) is 7.66. The summed E-state index contributed by atoms with van der Waals surface area (Å²) in [6.45, 7) is 0. The molecule has 0 bridgehead atoms. The average Bonchev–Trinajstić information content (AvgIpc) is 3.02. The van der Waals surface area contributed by atoms with Crippen LogP contribution in [0.5, 0.6) is 0 Å². The van der Waals surface area contributed by atoms with Crippen molar-refractivity contribution in [1.82, 2.24) is 4.98 Å². The molecule has 0 fully saturated rings. The van der Waals surface area contributed by atoms with E-state index in [9.17, 15) is 4.21 Å². The third-order valence-electron chi connectivity index (χ3n) is 3.57. The van der Waals surface area contributed by atoms with Crippen LogP contribution in [0.25, 0.3) is 0 Å². The van der Waals surface area contributed by atoms with Gasteiger partial charge >= 0.3 is 0 Å². The molecule has 1 atom stereocenters. The molecule has 0 spiro atoms. The zero-order valence-corrected chi connectivity index (χ0v) is 14.5. The van der Waals surface area contributed by atoms with Gasteiger partial charge in [0.2, 0.25) is 0 Å². The first kappa shape index (κ1) is 16.1. The van der Waals surface area contributed by atoms with E-state index in [1.807, 2.05) is 41.8 Å². The summed E-state index contributed by atoms with van der Waals surface area (Å²) in [4.78, 5) is 4.63. The molecule has 0 aliphatic heterocycles. The monoisotopic (exact) mass is 341 g/mol. The second kappa shape index (κ2) is 8.18. The van der Waals surface area contributed by atoms with Gasteiger partial charge in [-0.25, -0.2) is 4.98 Å². The van der Waals surface area contributed by atoms with E-state index in [0.717, 1.165) is 23.5 Å². The van der Waals surface area contributed by atoms with E-state index >= 15 is 0 Å². The molecule has 0 radical (unpaired) electrons. The predicted octanol–water partition coefficient (Wildman–Crippen LogP) is 4.23. The third kappa shape index (κ3) is 5.12. The van der Waals surface area contributed by atoms with Gasteiger partial charge in [-0.15, -0.1) is 11.3 Å². The summed E-state index contributed by atoms with van der Waals surface area (Å²) in [6, 6.07) is 20.5. The van der Waals surface area contributed by atoms with Crippen molar-refractivity contribution in [2.24, 2.45) is 0 Å². The van der Waals surface area contributed by atoms with Gasteiger partial charge in [-0.05, 0) is 17.5 Å².